The molecule has 2 fully saturated rings. The van der Waals surface area contributed by atoms with E-state index in [1.807, 2.05) is 0 Å². The Kier molecular flexibility index (Phi) is 6.99. The summed E-state index contributed by atoms with van der Waals surface area (Å²) in [7, 11) is -5.53. The summed E-state index contributed by atoms with van der Waals surface area (Å²) in [6, 6.07) is 6.13. The van der Waals surface area contributed by atoms with Gasteiger partial charge in [0.2, 0.25) is 5.88 Å². The van der Waals surface area contributed by atoms with E-state index >= 15 is 0 Å². The van der Waals surface area contributed by atoms with Gasteiger partial charge >= 0.3 is 11.5 Å². The van der Waals surface area contributed by atoms with Crippen LogP contribution in [0.5, 0.6) is 5.88 Å². The van der Waals surface area contributed by atoms with Gasteiger partial charge in [-0.1, -0.05) is 0 Å². The van der Waals surface area contributed by atoms with Gasteiger partial charge in [0, 0.05) is 25.4 Å². The number of sulfone groups is 1. The fraction of sp³-hybridized carbons (Fsp3) is 0.409. The number of benzene rings is 1. The molecular weight excluding hydrogens is 489 g/mol. The molecular formula is C22H23F3N4O5S. The Morgan fingerprint density at radius 2 is 1.71 bits per heavy atom. The number of ether oxygens (including phenoxy) is 1. The molecule has 2 saturated heterocycles. The predicted molar refractivity (Wildman–Crippen MR) is 118 cm³/mol. The summed E-state index contributed by atoms with van der Waals surface area (Å²) in [5.74, 6) is -0.185. The average molecular weight is 513 g/mol. The summed E-state index contributed by atoms with van der Waals surface area (Å²) >= 11 is 0. The Hall–Kier alpha value is -3.19. The van der Waals surface area contributed by atoms with Gasteiger partial charge in [-0.15, -0.1) is 0 Å². The number of rotatable bonds is 8. The lowest BCUT2D eigenvalue weighted by atomic mass is 10.2. The standard InChI is InChI=1S/C22H23F3N4O5S/c23-22(24,25)35(32,33)18-5-3-17(4-6-18)29-20(30)15-28(21(29)31)14-16-7-8-26-19(13-16)34-12-11-27-9-1-2-10-27/h3-8,13H,1-2,9-12,14-15H2. The Balaban J connectivity index is 1.40. The summed E-state index contributed by atoms with van der Waals surface area (Å²) in [6.45, 7) is 3.23. The molecule has 0 unspecified atom stereocenters. The van der Waals surface area contributed by atoms with Crippen LogP contribution in [0.1, 0.15) is 18.4 Å². The minimum absolute atomic E-state index is 0.0238. The number of amides is 3. The lowest BCUT2D eigenvalue weighted by Crippen LogP contribution is -2.32. The first kappa shape index (κ1) is 24.9. The number of carbonyl (C=O) groups is 2. The summed E-state index contributed by atoms with van der Waals surface area (Å²) in [5.41, 5.74) is -4.79. The van der Waals surface area contributed by atoms with E-state index in [4.69, 9.17) is 4.74 Å². The van der Waals surface area contributed by atoms with Crippen molar-refractivity contribution in [1.29, 1.82) is 0 Å². The molecule has 3 amide bonds. The van der Waals surface area contributed by atoms with Crippen molar-refractivity contribution in [2.24, 2.45) is 0 Å². The molecule has 188 valence electrons. The number of imide groups is 1. The fourth-order valence-electron chi connectivity index (χ4n) is 3.97. The third-order valence-corrected chi connectivity index (χ3v) is 7.28. The largest absolute Gasteiger partial charge is 0.501 e. The van der Waals surface area contributed by atoms with Crippen LogP contribution in [0.25, 0.3) is 0 Å². The number of halogens is 3. The Labute approximate surface area is 200 Å². The third kappa shape index (κ3) is 5.40. The maximum Gasteiger partial charge on any atom is 0.501 e. The number of urea groups is 1. The normalized spacial score (nSPS) is 17.5. The molecule has 0 atom stereocenters. The smallest absolute Gasteiger partial charge is 0.476 e. The van der Waals surface area contributed by atoms with Gasteiger partial charge in [-0.05, 0) is 61.8 Å². The zero-order valence-corrected chi connectivity index (χ0v) is 19.4. The third-order valence-electron chi connectivity index (χ3n) is 5.78. The molecule has 0 bridgehead atoms. The molecule has 0 saturated carbocycles. The summed E-state index contributed by atoms with van der Waals surface area (Å²) < 4.78 is 67.0. The topological polar surface area (TPSA) is 100 Å². The van der Waals surface area contributed by atoms with Gasteiger partial charge in [0.15, 0.2) is 0 Å². The van der Waals surface area contributed by atoms with Crippen molar-refractivity contribution in [3.8, 4) is 5.88 Å². The molecule has 0 aliphatic carbocycles. The van der Waals surface area contributed by atoms with E-state index < -0.39 is 32.2 Å². The summed E-state index contributed by atoms with van der Waals surface area (Å²) in [5, 5.41) is 0. The number of likely N-dealkylation sites (tertiary alicyclic amines) is 1. The number of nitrogens with zero attached hydrogens (tertiary/aromatic N) is 4. The molecule has 0 radical (unpaired) electrons. The predicted octanol–water partition coefficient (Wildman–Crippen LogP) is 2.82. The molecule has 4 rings (SSSR count). The van der Waals surface area contributed by atoms with Crippen molar-refractivity contribution < 1.29 is 35.9 Å². The number of pyridine rings is 1. The van der Waals surface area contributed by atoms with Crippen LogP contribution >= 0.6 is 0 Å². The number of carbonyl (C=O) groups excluding carboxylic acids is 2. The van der Waals surface area contributed by atoms with Crippen molar-refractivity contribution in [3.05, 3.63) is 48.2 Å². The van der Waals surface area contributed by atoms with Gasteiger partial charge in [-0.3, -0.25) is 9.69 Å². The van der Waals surface area contributed by atoms with Gasteiger partial charge in [-0.2, -0.15) is 13.2 Å². The van der Waals surface area contributed by atoms with E-state index in [9.17, 15) is 31.2 Å². The van der Waals surface area contributed by atoms with Gasteiger partial charge < -0.3 is 9.64 Å². The van der Waals surface area contributed by atoms with Gasteiger partial charge in [0.1, 0.15) is 13.2 Å². The van der Waals surface area contributed by atoms with Gasteiger partial charge in [0.25, 0.3) is 15.7 Å². The molecule has 1 aromatic heterocycles. The highest BCUT2D eigenvalue weighted by atomic mass is 32.2. The van der Waals surface area contributed by atoms with Crippen LogP contribution in [-0.2, 0) is 21.2 Å². The van der Waals surface area contributed by atoms with E-state index in [0.717, 1.165) is 48.8 Å². The van der Waals surface area contributed by atoms with Crippen LogP contribution in [0.2, 0.25) is 0 Å². The minimum Gasteiger partial charge on any atom is -0.476 e. The molecule has 2 aromatic rings. The van der Waals surface area contributed by atoms with Crippen molar-refractivity contribution in [2.75, 3.05) is 37.7 Å². The monoisotopic (exact) mass is 512 g/mol. The van der Waals surface area contributed by atoms with E-state index in [-0.39, 0.29) is 18.8 Å². The maximum atomic E-state index is 12.8. The number of aromatic nitrogens is 1. The molecule has 1 aromatic carbocycles. The number of hydrogen-bond donors (Lipinski definition) is 0. The van der Waals surface area contributed by atoms with Gasteiger partial charge in [-0.25, -0.2) is 23.1 Å². The van der Waals surface area contributed by atoms with Crippen LogP contribution in [-0.4, -0.2) is 73.4 Å². The van der Waals surface area contributed by atoms with Crippen molar-refractivity contribution in [3.63, 3.8) is 0 Å². The SMILES string of the molecule is O=C1CN(Cc2ccnc(OCCN3CCCC3)c2)C(=O)N1c1ccc(S(=O)(=O)C(F)(F)F)cc1. The van der Waals surface area contributed by atoms with E-state index in [1.165, 1.54) is 17.7 Å². The average Bonchev–Trinajstić information content (AvgIpc) is 3.41. The van der Waals surface area contributed by atoms with Crippen molar-refractivity contribution >= 4 is 27.5 Å². The molecule has 0 N–H and O–H groups in total. The van der Waals surface area contributed by atoms with Crippen molar-refractivity contribution in [2.45, 2.75) is 29.8 Å². The van der Waals surface area contributed by atoms with Gasteiger partial charge in [0.05, 0.1) is 10.6 Å². The number of hydrogen-bond acceptors (Lipinski definition) is 7. The molecule has 3 heterocycles. The molecule has 2 aliphatic heterocycles. The van der Waals surface area contributed by atoms with E-state index in [1.54, 1.807) is 18.3 Å². The number of anilines is 1. The fourth-order valence-corrected chi connectivity index (χ4v) is 4.73. The molecule has 2 aliphatic rings. The Morgan fingerprint density at radius 1 is 1.03 bits per heavy atom. The first-order valence-electron chi connectivity index (χ1n) is 10.9. The van der Waals surface area contributed by atoms with Crippen LogP contribution in [0, 0.1) is 0 Å². The minimum atomic E-state index is -5.53. The lowest BCUT2D eigenvalue weighted by Gasteiger charge is -2.18. The number of alkyl halides is 3. The lowest BCUT2D eigenvalue weighted by molar-refractivity contribution is -0.116. The second kappa shape index (κ2) is 9.82. The van der Waals surface area contributed by atoms with E-state index in [0.29, 0.717) is 18.1 Å². The second-order valence-electron chi connectivity index (χ2n) is 8.21. The summed E-state index contributed by atoms with van der Waals surface area (Å²) in [4.78, 5) is 32.9. The Bertz CT molecular complexity index is 1200. The zero-order chi connectivity index (χ0) is 25.2. The highest BCUT2D eigenvalue weighted by molar-refractivity contribution is 7.92. The quantitative estimate of drug-likeness (QED) is 0.502. The zero-order valence-electron chi connectivity index (χ0n) is 18.6. The van der Waals surface area contributed by atoms with Crippen LogP contribution in [0.3, 0.4) is 0 Å². The highest BCUT2D eigenvalue weighted by Crippen LogP contribution is 2.32. The van der Waals surface area contributed by atoms with E-state index in [2.05, 4.69) is 9.88 Å². The molecule has 0 spiro atoms. The first-order chi connectivity index (χ1) is 16.6. The Morgan fingerprint density at radius 3 is 2.37 bits per heavy atom. The van der Waals surface area contributed by atoms with Crippen LogP contribution in [0.15, 0.2) is 47.5 Å². The van der Waals surface area contributed by atoms with Crippen LogP contribution < -0.4 is 9.64 Å². The second-order valence-corrected chi connectivity index (χ2v) is 10.2. The molecule has 13 heteroatoms. The highest BCUT2D eigenvalue weighted by Gasteiger charge is 2.47. The van der Waals surface area contributed by atoms with Crippen LogP contribution in [0.4, 0.5) is 23.7 Å². The molecule has 9 nitrogen and oxygen atoms in total. The first-order valence-corrected chi connectivity index (χ1v) is 12.4. The maximum absolute atomic E-state index is 12.8. The summed E-state index contributed by atoms with van der Waals surface area (Å²) in [6.07, 6.45) is 3.91. The molecule has 35 heavy (non-hydrogen) atoms. The van der Waals surface area contributed by atoms with Crippen molar-refractivity contribution in [1.82, 2.24) is 14.8 Å².